The Bertz CT molecular complexity index is 667. The van der Waals surface area contributed by atoms with Crippen molar-refractivity contribution in [3.05, 3.63) is 38.9 Å². The van der Waals surface area contributed by atoms with Crippen molar-refractivity contribution in [3.8, 4) is 10.6 Å². The lowest BCUT2D eigenvalue weighted by molar-refractivity contribution is -0.384. The van der Waals surface area contributed by atoms with E-state index >= 15 is 0 Å². The number of aromatic nitrogens is 2. The Kier molecular flexibility index (Phi) is 3.94. The lowest BCUT2D eigenvalue weighted by atomic mass is 10.1. The summed E-state index contributed by atoms with van der Waals surface area (Å²) >= 11 is 1.43. The second-order valence-electron chi connectivity index (χ2n) is 5.26. The van der Waals surface area contributed by atoms with E-state index in [1.165, 1.54) is 30.2 Å². The fourth-order valence-corrected chi connectivity index (χ4v) is 2.98. The molecule has 0 atom stereocenters. The topological polar surface area (TPSA) is 81.0 Å². The van der Waals surface area contributed by atoms with Gasteiger partial charge < -0.3 is 5.32 Å². The summed E-state index contributed by atoms with van der Waals surface area (Å²) in [6.45, 7) is 2.80. The Labute approximate surface area is 126 Å². The van der Waals surface area contributed by atoms with E-state index in [2.05, 4.69) is 15.5 Å². The first-order valence-corrected chi connectivity index (χ1v) is 7.76. The monoisotopic (exact) mass is 304 g/mol. The minimum Gasteiger partial charge on any atom is -0.314 e. The van der Waals surface area contributed by atoms with E-state index in [9.17, 15) is 10.1 Å². The predicted octanol–water partition coefficient (Wildman–Crippen LogP) is 2.72. The molecule has 0 unspecified atom stereocenters. The molecule has 0 bridgehead atoms. The fourth-order valence-electron chi connectivity index (χ4n) is 2.11. The first-order chi connectivity index (χ1) is 10.1. The molecule has 1 fully saturated rings. The molecule has 7 heteroatoms. The van der Waals surface area contributed by atoms with Gasteiger partial charge in [-0.3, -0.25) is 10.1 Å². The highest BCUT2D eigenvalue weighted by atomic mass is 32.1. The SMILES string of the molecule is Cc1ccc([N+](=O)[O-])c(-c2nnc(CCNC3CC3)s2)c1. The van der Waals surface area contributed by atoms with Crippen LogP contribution < -0.4 is 5.32 Å². The van der Waals surface area contributed by atoms with E-state index in [1.54, 1.807) is 12.1 Å². The number of hydrogen-bond donors (Lipinski definition) is 1. The maximum Gasteiger partial charge on any atom is 0.279 e. The summed E-state index contributed by atoms with van der Waals surface area (Å²) in [6.07, 6.45) is 3.33. The van der Waals surface area contributed by atoms with Crippen molar-refractivity contribution in [2.75, 3.05) is 6.54 Å². The van der Waals surface area contributed by atoms with Gasteiger partial charge in [0.2, 0.25) is 0 Å². The van der Waals surface area contributed by atoms with Gasteiger partial charge in [-0.05, 0) is 31.4 Å². The number of benzene rings is 1. The predicted molar refractivity (Wildman–Crippen MR) is 81.5 cm³/mol. The minimum absolute atomic E-state index is 0.0828. The standard InChI is InChI=1S/C14H16N4O2S/c1-9-2-5-12(18(19)20)11(8-9)14-17-16-13(21-14)6-7-15-10-3-4-10/h2,5,8,10,15H,3-4,6-7H2,1H3. The molecular weight excluding hydrogens is 288 g/mol. The molecule has 6 nitrogen and oxygen atoms in total. The Morgan fingerprint density at radius 3 is 2.95 bits per heavy atom. The highest BCUT2D eigenvalue weighted by Crippen LogP contribution is 2.32. The number of rotatable bonds is 6. The first kappa shape index (κ1) is 14.1. The van der Waals surface area contributed by atoms with Crippen LogP contribution in [0.5, 0.6) is 0 Å². The summed E-state index contributed by atoms with van der Waals surface area (Å²) < 4.78 is 0. The average molecular weight is 304 g/mol. The van der Waals surface area contributed by atoms with Gasteiger partial charge in [-0.25, -0.2) is 0 Å². The quantitative estimate of drug-likeness (QED) is 0.655. The Morgan fingerprint density at radius 2 is 2.24 bits per heavy atom. The molecule has 1 aliphatic carbocycles. The Balaban J connectivity index is 1.78. The van der Waals surface area contributed by atoms with Gasteiger partial charge in [-0.1, -0.05) is 17.4 Å². The van der Waals surface area contributed by atoms with Crippen LogP contribution in [0.1, 0.15) is 23.4 Å². The van der Waals surface area contributed by atoms with Crippen molar-refractivity contribution in [2.45, 2.75) is 32.2 Å². The van der Waals surface area contributed by atoms with Gasteiger partial charge in [0.15, 0.2) is 5.01 Å². The van der Waals surface area contributed by atoms with Crippen molar-refractivity contribution in [3.63, 3.8) is 0 Å². The zero-order chi connectivity index (χ0) is 14.8. The third kappa shape index (κ3) is 3.43. The molecule has 1 aliphatic rings. The number of nitrogens with one attached hydrogen (secondary N) is 1. The van der Waals surface area contributed by atoms with E-state index < -0.39 is 0 Å². The largest absolute Gasteiger partial charge is 0.314 e. The van der Waals surface area contributed by atoms with Gasteiger partial charge in [0.25, 0.3) is 5.69 Å². The van der Waals surface area contributed by atoms with Gasteiger partial charge in [-0.2, -0.15) is 0 Å². The molecular formula is C14H16N4O2S. The molecule has 1 aromatic heterocycles. The van der Waals surface area contributed by atoms with Crippen molar-refractivity contribution in [2.24, 2.45) is 0 Å². The molecule has 1 N–H and O–H groups in total. The van der Waals surface area contributed by atoms with Gasteiger partial charge in [0.1, 0.15) is 5.01 Å². The zero-order valence-electron chi connectivity index (χ0n) is 11.7. The number of hydrogen-bond acceptors (Lipinski definition) is 6. The lowest BCUT2D eigenvalue weighted by Crippen LogP contribution is -2.19. The average Bonchev–Trinajstić information content (AvgIpc) is 3.14. The molecule has 1 aromatic carbocycles. The van der Waals surface area contributed by atoms with Gasteiger partial charge in [0.05, 0.1) is 10.5 Å². The molecule has 0 amide bonds. The van der Waals surface area contributed by atoms with Crippen LogP contribution in [0.3, 0.4) is 0 Å². The van der Waals surface area contributed by atoms with Crippen LogP contribution in [0.4, 0.5) is 5.69 Å². The van der Waals surface area contributed by atoms with Crippen molar-refractivity contribution in [1.29, 1.82) is 0 Å². The fraction of sp³-hybridized carbons (Fsp3) is 0.429. The molecule has 2 aromatic rings. The molecule has 1 saturated carbocycles. The number of nitrogens with zero attached hydrogens (tertiary/aromatic N) is 3. The van der Waals surface area contributed by atoms with Crippen molar-refractivity contribution in [1.82, 2.24) is 15.5 Å². The summed E-state index contributed by atoms with van der Waals surface area (Å²) in [5.74, 6) is 0. The molecule has 0 radical (unpaired) electrons. The maximum atomic E-state index is 11.1. The van der Waals surface area contributed by atoms with Crippen LogP contribution in [0.25, 0.3) is 10.6 Å². The first-order valence-electron chi connectivity index (χ1n) is 6.94. The molecule has 0 aliphatic heterocycles. The number of nitro benzene ring substituents is 1. The summed E-state index contributed by atoms with van der Waals surface area (Å²) in [7, 11) is 0. The summed E-state index contributed by atoms with van der Waals surface area (Å²) in [5, 5.41) is 24.3. The molecule has 3 rings (SSSR count). The lowest BCUT2D eigenvalue weighted by Gasteiger charge is -2.00. The van der Waals surface area contributed by atoms with Crippen molar-refractivity contribution < 1.29 is 4.92 Å². The van der Waals surface area contributed by atoms with Gasteiger partial charge >= 0.3 is 0 Å². The van der Waals surface area contributed by atoms with E-state index in [0.717, 1.165) is 23.5 Å². The summed E-state index contributed by atoms with van der Waals surface area (Å²) in [6, 6.07) is 5.74. The molecule has 21 heavy (non-hydrogen) atoms. The number of nitro groups is 1. The third-order valence-corrected chi connectivity index (χ3v) is 4.41. The normalized spacial score (nSPS) is 14.3. The molecule has 0 saturated heterocycles. The van der Waals surface area contributed by atoms with Crippen LogP contribution in [0.2, 0.25) is 0 Å². The van der Waals surface area contributed by atoms with E-state index in [-0.39, 0.29) is 10.6 Å². The Hall–Kier alpha value is -1.86. The van der Waals surface area contributed by atoms with Gasteiger partial charge in [-0.15, -0.1) is 10.2 Å². The zero-order valence-corrected chi connectivity index (χ0v) is 12.5. The number of aryl methyl sites for hydroxylation is 1. The van der Waals surface area contributed by atoms with Crippen LogP contribution in [0.15, 0.2) is 18.2 Å². The van der Waals surface area contributed by atoms with Crippen LogP contribution in [0, 0.1) is 17.0 Å². The molecule has 0 spiro atoms. The van der Waals surface area contributed by atoms with Crippen molar-refractivity contribution >= 4 is 17.0 Å². The molecule has 110 valence electrons. The van der Waals surface area contributed by atoms with Crippen LogP contribution >= 0.6 is 11.3 Å². The van der Waals surface area contributed by atoms with E-state index in [0.29, 0.717) is 16.6 Å². The maximum absolute atomic E-state index is 11.1. The highest BCUT2D eigenvalue weighted by molar-refractivity contribution is 7.14. The van der Waals surface area contributed by atoms with Crippen LogP contribution in [-0.2, 0) is 6.42 Å². The van der Waals surface area contributed by atoms with Crippen LogP contribution in [-0.4, -0.2) is 27.7 Å². The molecule has 1 heterocycles. The third-order valence-electron chi connectivity index (χ3n) is 3.40. The minimum atomic E-state index is -0.371. The summed E-state index contributed by atoms with van der Waals surface area (Å²) in [5.41, 5.74) is 1.61. The van der Waals surface area contributed by atoms with E-state index in [1.807, 2.05) is 6.92 Å². The second kappa shape index (κ2) is 5.87. The van der Waals surface area contributed by atoms with Gasteiger partial charge in [0, 0.05) is 25.1 Å². The summed E-state index contributed by atoms with van der Waals surface area (Å²) in [4.78, 5) is 10.7. The Morgan fingerprint density at radius 1 is 1.43 bits per heavy atom. The smallest absolute Gasteiger partial charge is 0.279 e. The highest BCUT2D eigenvalue weighted by Gasteiger charge is 2.21. The van der Waals surface area contributed by atoms with E-state index in [4.69, 9.17) is 0 Å². The second-order valence-corrected chi connectivity index (χ2v) is 6.32.